The zero-order chi connectivity index (χ0) is 13.7. The van der Waals surface area contributed by atoms with Crippen molar-refractivity contribution in [2.24, 2.45) is 23.3 Å². The van der Waals surface area contributed by atoms with Crippen LogP contribution in [0.2, 0.25) is 0 Å². The number of rotatable bonds is 2. The van der Waals surface area contributed by atoms with Crippen molar-refractivity contribution in [3.8, 4) is 0 Å². The van der Waals surface area contributed by atoms with E-state index in [0.717, 1.165) is 0 Å². The van der Waals surface area contributed by atoms with Crippen LogP contribution in [0.15, 0.2) is 24.3 Å². The zero-order valence-corrected chi connectivity index (χ0v) is 9.90. The van der Waals surface area contributed by atoms with Gasteiger partial charge in [0.15, 0.2) is 0 Å². The van der Waals surface area contributed by atoms with Crippen LogP contribution in [0.1, 0.15) is 12.8 Å². The molecule has 0 amide bonds. The first-order valence-electron chi connectivity index (χ1n) is 5.73. The van der Waals surface area contributed by atoms with E-state index in [9.17, 15) is 9.59 Å². The maximum atomic E-state index is 10.2. The van der Waals surface area contributed by atoms with Gasteiger partial charge >= 0.3 is 11.9 Å². The van der Waals surface area contributed by atoms with E-state index in [1.807, 2.05) is 0 Å². The van der Waals surface area contributed by atoms with Crippen LogP contribution in [0.3, 0.4) is 0 Å². The third-order valence-electron chi connectivity index (χ3n) is 2.87. The first-order valence-corrected chi connectivity index (χ1v) is 5.73. The summed E-state index contributed by atoms with van der Waals surface area (Å²) < 4.78 is 0. The maximum absolute atomic E-state index is 10.2. The van der Waals surface area contributed by atoms with E-state index in [0.29, 0.717) is 12.8 Å². The van der Waals surface area contributed by atoms with Crippen molar-refractivity contribution in [2.45, 2.75) is 24.9 Å². The average Bonchev–Trinajstić information content (AvgIpc) is 2.88. The van der Waals surface area contributed by atoms with Crippen LogP contribution in [0.5, 0.6) is 0 Å². The van der Waals surface area contributed by atoms with Gasteiger partial charge in [-0.2, -0.15) is 0 Å². The van der Waals surface area contributed by atoms with Crippen LogP contribution in [-0.2, 0) is 9.59 Å². The molecule has 6 nitrogen and oxygen atoms in total. The van der Waals surface area contributed by atoms with Crippen molar-refractivity contribution in [2.75, 3.05) is 0 Å². The fourth-order valence-corrected chi connectivity index (χ4v) is 1.82. The standard InChI is InChI=1S/2C6H9NO2/c2*7-5-2-1-4(3-5)6(8)9/h2*1-2,4-5H,3,7H2,(H,8,9)/t2*4-,5+/m10/s1. The van der Waals surface area contributed by atoms with Crippen molar-refractivity contribution >= 4 is 11.9 Å². The minimum Gasteiger partial charge on any atom is -0.481 e. The summed E-state index contributed by atoms with van der Waals surface area (Å²) in [6, 6.07) is -0.0998. The molecule has 0 unspecified atom stereocenters. The quantitative estimate of drug-likeness (QED) is 0.512. The van der Waals surface area contributed by atoms with Crippen molar-refractivity contribution in [3.05, 3.63) is 24.3 Å². The Morgan fingerprint density at radius 3 is 1.28 bits per heavy atom. The van der Waals surface area contributed by atoms with Crippen LogP contribution in [0.25, 0.3) is 0 Å². The normalized spacial score (nSPS) is 33.0. The summed E-state index contributed by atoms with van der Waals surface area (Å²) in [5, 5.41) is 16.8. The minimum atomic E-state index is -0.779. The Bertz CT molecular complexity index is 342. The Balaban J connectivity index is 0.000000180. The van der Waals surface area contributed by atoms with E-state index >= 15 is 0 Å². The Labute approximate surface area is 105 Å². The third-order valence-corrected chi connectivity index (χ3v) is 2.87. The van der Waals surface area contributed by atoms with Gasteiger partial charge in [-0.3, -0.25) is 9.59 Å². The SMILES string of the molecule is N[C@@H]1C=C[C@H](C(=O)O)C1.N[C@H]1C=C[C@@H](C(=O)O)C1. The topological polar surface area (TPSA) is 127 Å². The number of aliphatic carboxylic acids is 2. The highest BCUT2D eigenvalue weighted by Gasteiger charge is 2.21. The molecular weight excluding hydrogens is 236 g/mol. The molecule has 18 heavy (non-hydrogen) atoms. The number of hydrogen-bond donors (Lipinski definition) is 4. The molecule has 0 saturated carbocycles. The van der Waals surface area contributed by atoms with Crippen LogP contribution < -0.4 is 11.5 Å². The summed E-state index contributed by atoms with van der Waals surface area (Å²) >= 11 is 0. The lowest BCUT2D eigenvalue weighted by atomic mass is 10.1. The summed E-state index contributed by atoms with van der Waals surface area (Å²) in [7, 11) is 0. The van der Waals surface area contributed by atoms with E-state index in [2.05, 4.69) is 0 Å². The van der Waals surface area contributed by atoms with Gasteiger partial charge in [0.2, 0.25) is 0 Å². The van der Waals surface area contributed by atoms with Crippen LogP contribution in [-0.4, -0.2) is 34.2 Å². The maximum Gasteiger partial charge on any atom is 0.310 e. The molecule has 2 rings (SSSR count). The molecule has 0 heterocycles. The summed E-state index contributed by atoms with van der Waals surface area (Å²) in [5.41, 5.74) is 10.8. The van der Waals surface area contributed by atoms with Gasteiger partial charge in [0, 0.05) is 12.1 Å². The van der Waals surface area contributed by atoms with Gasteiger partial charge in [0.1, 0.15) is 0 Å². The second-order valence-corrected chi connectivity index (χ2v) is 4.46. The number of nitrogens with two attached hydrogens (primary N) is 2. The van der Waals surface area contributed by atoms with E-state index < -0.39 is 11.9 Å². The van der Waals surface area contributed by atoms with Crippen LogP contribution >= 0.6 is 0 Å². The number of carboxylic acid groups (broad SMARTS) is 2. The molecule has 4 atom stereocenters. The van der Waals surface area contributed by atoms with Gasteiger partial charge in [-0.1, -0.05) is 24.3 Å². The molecular formula is C12H18N2O4. The Morgan fingerprint density at radius 2 is 1.17 bits per heavy atom. The second-order valence-electron chi connectivity index (χ2n) is 4.46. The Hall–Kier alpha value is -1.66. The van der Waals surface area contributed by atoms with Gasteiger partial charge < -0.3 is 21.7 Å². The smallest absolute Gasteiger partial charge is 0.310 e. The van der Waals surface area contributed by atoms with Crippen molar-refractivity contribution in [1.82, 2.24) is 0 Å². The summed E-state index contributed by atoms with van der Waals surface area (Å²) in [4.78, 5) is 20.5. The van der Waals surface area contributed by atoms with E-state index in [-0.39, 0.29) is 23.9 Å². The molecule has 0 aromatic heterocycles. The van der Waals surface area contributed by atoms with Gasteiger partial charge in [-0.25, -0.2) is 0 Å². The molecule has 0 fully saturated rings. The van der Waals surface area contributed by atoms with Crippen LogP contribution in [0, 0.1) is 11.8 Å². The second kappa shape index (κ2) is 6.32. The van der Waals surface area contributed by atoms with Crippen molar-refractivity contribution < 1.29 is 19.8 Å². The number of carbonyl (C=O) groups is 2. The largest absolute Gasteiger partial charge is 0.481 e. The predicted molar refractivity (Wildman–Crippen MR) is 65.7 cm³/mol. The molecule has 0 aliphatic heterocycles. The fraction of sp³-hybridized carbons (Fsp3) is 0.500. The van der Waals surface area contributed by atoms with Crippen molar-refractivity contribution in [3.63, 3.8) is 0 Å². The molecule has 0 spiro atoms. The van der Waals surface area contributed by atoms with Gasteiger partial charge in [-0.15, -0.1) is 0 Å². The summed E-state index contributed by atoms with van der Waals surface area (Å²) in [6.07, 6.45) is 7.86. The molecule has 6 N–H and O–H groups in total. The molecule has 2 aliphatic rings. The van der Waals surface area contributed by atoms with Gasteiger partial charge in [0.25, 0.3) is 0 Å². The summed E-state index contributed by atoms with van der Waals surface area (Å²) in [6.45, 7) is 0. The van der Waals surface area contributed by atoms with E-state index in [4.69, 9.17) is 21.7 Å². The monoisotopic (exact) mass is 254 g/mol. The lowest BCUT2D eigenvalue weighted by Gasteiger charge is -2.00. The zero-order valence-electron chi connectivity index (χ0n) is 9.90. The highest BCUT2D eigenvalue weighted by molar-refractivity contribution is 5.73. The number of hydrogen-bond acceptors (Lipinski definition) is 4. The molecule has 0 aromatic carbocycles. The first-order chi connectivity index (χ1) is 8.40. The highest BCUT2D eigenvalue weighted by Crippen LogP contribution is 2.16. The predicted octanol–water partition coefficient (Wildman–Crippen LogP) is -0.0512. The fourth-order valence-electron chi connectivity index (χ4n) is 1.82. The van der Waals surface area contributed by atoms with Crippen LogP contribution in [0.4, 0.5) is 0 Å². The minimum absolute atomic E-state index is 0.0499. The van der Waals surface area contributed by atoms with Gasteiger partial charge in [0.05, 0.1) is 11.8 Å². The molecule has 6 heteroatoms. The van der Waals surface area contributed by atoms with E-state index in [1.54, 1.807) is 24.3 Å². The van der Waals surface area contributed by atoms with Crippen molar-refractivity contribution in [1.29, 1.82) is 0 Å². The lowest BCUT2D eigenvalue weighted by molar-refractivity contribution is -0.141. The lowest BCUT2D eigenvalue weighted by Crippen LogP contribution is -2.18. The first kappa shape index (κ1) is 14.4. The number of carboxylic acids is 2. The molecule has 2 aliphatic carbocycles. The molecule has 0 saturated heterocycles. The Morgan fingerprint density at radius 1 is 0.833 bits per heavy atom. The molecule has 0 bridgehead atoms. The molecule has 0 aromatic rings. The van der Waals surface area contributed by atoms with E-state index in [1.165, 1.54) is 0 Å². The third kappa shape index (κ3) is 4.31. The highest BCUT2D eigenvalue weighted by atomic mass is 16.4. The molecule has 100 valence electrons. The average molecular weight is 254 g/mol. The summed E-state index contributed by atoms with van der Waals surface area (Å²) in [5.74, 6) is -2.25. The van der Waals surface area contributed by atoms with Gasteiger partial charge in [-0.05, 0) is 12.8 Å². The molecule has 0 radical (unpaired) electrons. The Kier molecular flexibility index (Phi) is 5.06.